The molecule has 136 valence electrons. The molecule has 1 unspecified atom stereocenters. The number of rotatable bonds is 2. The molecule has 0 saturated heterocycles. The average Bonchev–Trinajstić information content (AvgIpc) is 3.23. The number of hydrogen-bond donors (Lipinski definition) is 4. The van der Waals surface area contributed by atoms with Crippen molar-refractivity contribution in [1.82, 2.24) is 14.9 Å². The van der Waals surface area contributed by atoms with E-state index in [1.165, 1.54) is 0 Å². The third-order valence-corrected chi connectivity index (χ3v) is 4.45. The van der Waals surface area contributed by atoms with E-state index in [4.69, 9.17) is 16.7 Å². The molecule has 9 nitrogen and oxygen atoms in total. The van der Waals surface area contributed by atoms with Gasteiger partial charge in [-0.05, 0) is 29.8 Å². The Balaban J connectivity index is 1.91. The van der Waals surface area contributed by atoms with Crippen molar-refractivity contribution in [1.29, 1.82) is 10.5 Å². The summed E-state index contributed by atoms with van der Waals surface area (Å²) in [7, 11) is 0. The van der Waals surface area contributed by atoms with Crippen LogP contribution in [0.2, 0.25) is 0 Å². The van der Waals surface area contributed by atoms with Gasteiger partial charge in [0, 0.05) is 23.6 Å². The summed E-state index contributed by atoms with van der Waals surface area (Å²) in [6.07, 6.45) is 5.71. The summed E-state index contributed by atoms with van der Waals surface area (Å²) >= 11 is 0. The molecular weight excluding hydrogens is 354 g/mol. The maximum atomic E-state index is 9.40. The fourth-order valence-electron chi connectivity index (χ4n) is 3.18. The molecule has 1 aromatic carbocycles. The van der Waals surface area contributed by atoms with Crippen LogP contribution in [0.25, 0.3) is 5.69 Å². The van der Waals surface area contributed by atoms with Gasteiger partial charge in [-0.1, -0.05) is 12.1 Å². The fourth-order valence-corrected chi connectivity index (χ4v) is 3.18. The number of nitrogens with one attached hydrogen (secondary N) is 2. The first-order valence-electron chi connectivity index (χ1n) is 8.34. The van der Waals surface area contributed by atoms with Gasteiger partial charge in [-0.15, -0.1) is 0 Å². The fraction of sp³-hybridized carbons (Fsp3) is 0.0526. The van der Waals surface area contributed by atoms with Gasteiger partial charge < -0.3 is 21.4 Å². The monoisotopic (exact) mass is 369 g/mol. The number of anilines is 3. The van der Waals surface area contributed by atoms with Crippen molar-refractivity contribution in [2.75, 3.05) is 16.8 Å². The third-order valence-electron chi connectivity index (χ3n) is 4.45. The molecule has 0 fully saturated rings. The predicted molar refractivity (Wildman–Crippen MR) is 105 cm³/mol. The van der Waals surface area contributed by atoms with E-state index in [1.807, 2.05) is 65.6 Å². The van der Waals surface area contributed by atoms with Crippen LogP contribution in [0.1, 0.15) is 22.7 Å². The average molecular weight is 369 g/mol. The largest absolute Gasteiger partial charge is 0.397 e. The highest BCUT2D eigenvalue weighted by molar-refractivity contribution is 5.98. The van der Waals surface area contributed by atoms with E-state index in [2.05, 4.69) is 20.6 Å². The lowest BCUT2D eigenvalue weighted by molar-refractivity contribution is 0.844. The zero-order chi connectivity index (χ0) is 19.7. The van der Waals surface area contributed by atoms with Gasteiger partial charge in [-0.2, -0.15) is 10.5 Å². The Bertz CT molecular complexity index is 1160. The molecule has 0 aliphatic carbocycles. The van der Waals surface area contributed by atoms with Gasteiger partial charge in [-0.3, -0.25) is 5.32 Å². The number of hydrogen-bond acceptors (Lipinski definition) is 8. The van der Waals surface area contributed by atoms with E-state index < -0.39 is 6.04 Å². The smallest absolute Gasteiger partial charge is 0.211 e. The minimum atomic E-state index is -0.567. The van der Waals surface area contributed by atoms with Crippen LogP contribution in [0.4, 0.5) is 17.3 Å². The molecule has 9 heteroatoms. The highest BCUT2D eigenvalue weighted by Crippen LogP contribution is 2.40. The van der Waals surface area contributed by atoms with Crippen LogP contribution in [0.3, 0.4) is 0 Å². The van der Waals surface area contributed by atoms with Crippen LogP contribution in [0.15, 0.2) is 53.8 Å². The lowest BCUT2D eigenvalue weighted by atomic mass is 9.95. The number of nitrogen functional groups attached to an aromatic ring is 2. The Morgan fingerprint density at radius 1 is 1.14 bits per heavy atom. The zero-order valence-corrected chi connectivity index (χ0v) is 14.6. The normalized spacial score (nSPS) is 14.8. The van der Waals surface area contributed by atoms with Gasteiger partial charge in [0.1, 0.15) is 29.3 Å². The van der Waals surface area contributed by atoms with Crippen molar-refractivity contribution in [3.63, 3.8) is 0 Å². The van der Waals surface area contributed by atoms with Crippen molar-refractivity contribution in [2.24, 2.45) is 4.99 Å². The minimum Gasteiger partial charge on any atom is -0.397 e. The summed E-state index contributed by atoms with van der Waals surface area (Å²) in [5, 5.41) is 23.8. The van der Waals surface area contributed by atoms with Gasteiger partial charge in [0.25, 0.3) is 0 Å². The molecule has 0 radical (unpaired) electrons. The Morgan fingerprint density at radius 3 is 2.64 bits per heavy atom. The first-order chi connectivity index (χ1) is 13.6. The number of nitrogens with two attached hydrogens (primary N) is 2. The van der Waals surface area contributed by atoms with Crippen LogP contribution in [-0.4, -0.2) is 15.5 Å². The Labute approximate surface area is 160 Å². The topological polar surface area (TPSA) is 154 Å². The molecule has 1 atom stereocenters. The SMILES string of the molecule is N#CNC1=NC(c2cccc(-n3cccc3)c2)c2c(nc(N)c(C#N)c2N)N1. The summed E-state index contributed by atoms with van der Waals surface area (Å²) < 4.78 is 1.97. The summed E-state index contributed by atoms with van der Waals surface area (Å²) in [6, 6.07) is 13.0. The number of pyridine rings is 1. The molecule has 6 N–H and O–H groups in total. The van der Waals surface area contributed by atoms with Crippen LogP contribution < -0.4 is 22.1 Å². The molecule has 2 aromatic heterocycles. The maximum Gasteiger partial charge on any atom is 0.211 e. The molecule has 0 amide bonds. The second kappa shape index (κ2) is 6.67. The summed E-state index contributed by atoms with van der Waals surface area (Å²) in [5.41, 5.74) is 14.8. The van der Waals surface area contributed by atoms with Crippen LogP contribution in [0, 0.1) is 22.8 Å². The number of nitriles is 2. The highest BCUT2D eigenvalue weighted by atomic mass is 15.2. The summed E-state index contributed by atoms with van der Waals surface area (Å²) in [5.74, 6) is 0.602. The number of fused-ring (bicyclic) bond motifs is 1. The van der Waals surface area contributed by atoms with Gasteiger partial charge in [-0.25, -0.2) is 9.98 Å². The van der Waals surface area contributed by atoms with Gasteiger partial charge in [0.05, 0.1) is 5.69 Å². The van der Waals surface area contributed by atoms with Crippen LogP contribution in [-0.2, 0) is 0 Å². The van der Waals surface area contributed by atoms with Crippen LogP contribution in [0.5, 0.6) is 0 Å². The van der Waals surface area contributed by atoms with Gasteiger partial charge >= 0.3 is 0 Å². The molecule has 3 heterocycles. The number of aliphatic imine (C=N–C) groups is 1. The molecule has 1 aliphatic rings. The molecule has 0 spiro atoms. The second-order valence-electron chi connectivity index (χ2n) is 6.09. The zero-order valence-electron chi connectivity index (χ0n) is 14.6. The molecule has 28 heavy (non-hydrogen) atoms. The third kappa shape index (κ3) is 2.73. The highest BCUT2D eigenvalue weighted by Gasteiger charge is 2.29. The van der Waals surface area contributed by atoms with E-state index >= 15 is 0 Å². The molecule has 0 saturated carbocycles. The minimum absolute atomic E-state index is 0.0179. The Kier molecular flexibility index (Phi) is 4.03. The van der Waals surface area contributed by atoms with Gasteiger partial charge in [0.15, 0.2) is 6.19 Å². The molecule has 1 aliphatic heterocycles. The number of aromatic nitrogens is 2. The maximum absolute atomic E-state index is 9.40. The van der Waals surface area contributed by atoms with E-state index in [-0.39, 0.29) is 23.0 Å². The molecule has 4 rings (SSSR count). The lowest BCUT2D eigenvalue weighted by Gasteiger charge is -2.26. The molecule has 0 bridgehead atoms. The van der Waals surface area contributed by atoms with Crippen LogP contribution >= 0.6 is 0 Å². The van der Waals surface area contributed by atoms with E-state index in [1.54, 1.807) is 0 Å². The Hall–Kier alpha value is -4.50. The first kappa shape index (κ1) is 16.9. The predicted octanol–water partition coefficient (Wildman–Crippen LogP) is 1.85. The summed E-state index contributed by atoms with van der Waals surface area (Å²) in [6.45, 7) is 0. The van der Waals surface area contributed by atoms with Gasteiger partial charge in [0.2, 0.25) is 5.96 Å². The number of nitrogens with zero attached hydrogens (tertiary/aromatic N) is 5. The molecular formula is C19H15N9. The van der Waals surface area contributed by atoms with E-state index in [9.17, 15) is 5.26 Å². The second-order valence-corrected chi connectivity index (χ2v) is 6.09. The quantitative estimate of drug-likeness (QED) is 0.397. The lowest BCUT2D eigenvalue weighted by Crippen LogP contribution is -2.32. The Morgan fingerprint density at radius 2 is 1.93 bits per heavy atom. The summed E-state index contributed by atoms with van der Waals surface area (Å²) in [4.78, 5) is 8.82. The van der Waals surface area contributed by atoms with Crippen molar-refractivity contribution in [3.8, 4) is 17.9 Å². The van der Waals surface area contributed by atoms with E-state index in [0.717, 1.165) is 11.3 Å². The standard InChI is InChI=1S/C19H15N9/c20-9-13-15(22)14-16(25-19(24-10-21)27-18(14)26-17(13)23)11-4-3-5-12(8-11)28-6-1-2-7-28/h1-8,16H,(H6,22,23,24,25,26,27). The first-order valence-corrected chi connectivity index (χ1v) is 8.34. The van der Waals surface area contributed by atoms with Crippen molar-refractivity contribution in [2.45, 2.75) is 6.04 Å². The van der Waals surface area contributed by atoms with Crippen molar-refractivity contribution < 1.29 is 0 Å². The van der Waals surface area contributed by atoms with Crippen molar-refractivity contribution in [3.05, 3.63) is 65.5 Å². The van der Waals surface area contributed by atoms with Crippen molar-refractivity contribution >= 4 is 23.3 Å². The molecule has 3 aromatic rings. The number of benzene rings is 1. The number of guanidine groups is 1. The van der Waals surface area contributed by atoms with E-state index in [0.29, 0.717) is 11.4 Å².